The van der Waals surface area contributed by atoms with Crippen LogP contribution in [0.4, 0.5) is 10.2 Å². The standard InChI is InChI=1S/C22H18FN7O2/c1-11(14-8-18-13(10-26-29-18)6-19(14)30-4-2-3-27-30)32-20-7-12-5-15(22(25)31)16(23)9-17(12)28-21(20)24/h2-11H,1H3,(H2,24,28)(H2,25,31)(H,26,29). The van der Waals surface area contributed by atoms with Crippen LogP contribution in [0.5, 0.6) is 5.75 Å². The van der Waals surface area contributed by atoms with Crippen molar-refractivity contribution in [3.05, 3.63) is 71.9 Å². The van der Waals surface area contributed by atoms with Gasteiger partial charge in [-0.1, -0.05) is 0 Å². The summed E-state index contributed by atoms with van der Waals surface area (Å²) in [6.45, 7) is 1.87. The summed E-state index contributed by atoms with van der Waals surface area (Å²) in [5.74, 6) is -1.23. The minimum atomic E-state index is -0.867. The second-order valence-corrected chi connectivity index (χ2v) is 7.34. The van der Waals surface area contributed by atoms with Crippen LogP contribution >= 0.6 is 0 Å². The third kappa shape index (κ3) is 3.27. The van der Waals surface area contributed by atoms with E-state index in [1.54, 1.807) is 23.1 Å². The van der Waals surface area contributed by atoms with Crippen molar-refractivity contribution in [2.45, 2.75) is 13.0 Å². The fourth-order valence-corrected chi connectivity index (χ4v) is 3.66. The van der Waals surface area contributed by atoms with E-state index in [-0.39, 0.29) is 11.4 Å². The van der Waals surface area contributed by atoms with Crippen LogP contribution in [0.25, 0.3) is 27.5 Å². The molecule has 0 saturated carbocycles. The molecule has 1 atom stereocenters. The first-order chi connectivity index (χ1) is 15.4. The number of carbonyl (C=O) groups excluding carboxylic acids is 1. The van der Waals surface area contributed by atoms with Gasteiger partial charge in [-0.25, -0.2) is 14.1 Å². The highest BCUT2D eigenvalue weighted by Gasteiger charge is 2.19. The van der Waals surface area contributed by atoms with E-state index in [1.807, 2.05) is 31.3 Å². The van der Waals surface area contributed by atoms with Gasteiger partial charge in [-0.2, -0.15) is 10.2 Å². The van der Waals surface area contributed by atoms with Gasteiger partial charge in [-0.15, -0.1) is 0 Å². The first-order valence-corrected chi connectivity index (χ1v) is 9.74. The summed E-state index contributed by atoms with van der Waals surface area (Å²) < 4.78 is 22.0. The Morgan fingerprint density at radius 1 is 1.22 bits per heavy atom. The number of nitrogen functional groups attached to an aromatic ring is 1. The second kappa shape index (κ2) is 7.34. The molecule has 32 heavy (non-hydrogen) atoms. The normalized spacial score (nSPS) is 12.3. The number of amides is 1. The molecular weight excluding hydrogens is 413 g/mol. The van der Waals surface area contributed by atoms with Gasteiger partial charge in [0.05, 0.1) is 28.5 Å². The maximum absolute atomic E-state index is 14.1. The van der Waals surface area contributed by atoms with E-state index in [9.17, 15) is 9.18 Å². The second-order valence-electron chi connectivity index (χ2n) is 7.34. The van der Waals surface area contributed by atoms with Gasteiger partial charge >= 0.3 is 0 Å². The van der Waals surface area contributed by atoms with Crippen molar-refractivity contribution in [3.8, 4) is 11.4 Å². The maximum Gasteiger partial charge on any atom is 0.251 e. The number of aromatic amines is 1. The summed E-state index contributed by atoms with van der Waals surface area (Å²) in [7, 11) is 0. The molecule has 5 N–H and O–H groups in total. The molecule has 5 rings (SSSR count). The molecule has 0 bridgehead atoms. The first kappa shape index (κ1) is 19.5. The van der Waals surface area contributed by atoms with E-state index < -0.39 is 17.8 Å². The molecule has 0 saturated heterocycles. The highest BCUT2D eigenvalue weighted by Crippen LogP contribution is 2.33. The fraction of sp³-hybridized carbons (Fsp3) is 0.0909. The number of hydrogen-bond acceptors (Lipinski definition) is 6. The molecule has 0 fully saturated rings. The SMILES string of the molecule is CC(Oc1cc2cc(C(N)=O)c(F)cc2nc1N)c1cc2[nH]ncc2cc1-n1cccn1. The lowest BCUT2D eigenvalue weighted by Crippen LogP contribution is -2.13. The van der Waals surface area contributed by atoms with Gasteiger partial charge in [-0.05, 0) is 37.3 Å². The topological polar surface area (TPSA) is 138 Å². The molecular formula is C22H18FN7O2. The number of nitrogens with one attached hydrogen (secondary N) is 1. The van der Waals surface area contributed by atoms with E-state index in [0.717, 1.165) is 28.2 Å². The monoisotopic (exact) mass is 431 g/mol. The van der Waals surface area contributed by atoms with Crippen molar-refractivity contribution in [1.29, 1.82) is 0 Å². The number of primary amides is 1. The zero-order chi connectivity index (χ0) is 22.4. The number of benzene rings is 2. The Morgan fingerprint density at radius 2 is 2.06 bits per heavy atom. The Labute approximate surface area is 180 Å². The molecule has 0 spiro atoms. The number of anilines is 1. The lowest BCUT2D eigenvalue weighted by Gasteiger charge is -2.20. The Morgan fingerprint density at radius 3 is 2.81 bits per heavy atom. The Bertz CT molecular complexity index is 1480. The van der Waals surface area contributed by atoms with Crippen molar-refractivity contribution in [1.82, 2.24) is 25.0 Å². The molecule has 0 aliphatic heterocycles. The Balaban J connectivity index is 1.57. The third-order valence-electron chi connectivity index (χ3n) is 5.24. The predicted molar refractivity (Wildman–Crippen MR) is 117 cm³/mol. The number of halogens is 1. The average molecular weight is 431 g/mol. The molecule has 0 radical (unpaired) electrons. The minimum absolute atomic E-state index is 0.0961. The molecule has 10 heteroatoms. The molecule has 0 aliphatic rings. The number of fused-ring (bicyclic) bond motifs is 2. The molecule has 1 amide bonds. The zero-order valence-corrected chi connectivity index (χ0v) is 16.9. The van der Waals surface area contributed by atoms with Gasteiger partial charge in [0.15, 0.2) is 11.6 Å². The quantitative estimate of drug-likeness (QED) is 0.390. The molecule has 1 unspecified atom stereocenters. The van der Waals surface area contributed by atoms with Crippen LogP contribution in [0, 0.1) is 5.82 Å². The van der Waals surface area contributed by atoms with Crippen molar-refractivity contribution in [2.24, 2.45) is 5.73 Å². The van der Waals surface area contributed by atoms with Crippen molar-refractivity contribution < 1.29 is 13.9 Å². The van der Waals surface area contributed by atoms with Gasteiger partial charge in [0.2, 0.25) is 0 Å². The number of H-pyrrole nitrogens is 1. The van der Waals surface area contributed by atoms with Crippen molar-refractivity contribution in [2.75, 3.05) is 5.73 Å². The summed E-state index contributed by atoms with van der Waals surface area (Å²) in [4.78, 5) is 15.7. The zero-order valence-electron chi connectivity index (χ0n) is 16.9. The van der Waals surface area contributed by atoms with Crippen LogP contribution in [0.2, 0.25) is 0 Å². The van der Waals surface area contributed by atoms with Gasteiger partial charge in [0, 0.05) is 34.8 Å². The highest BCUT2D eigenvalue weighted by molar-refractivity contribution is 5.97. The number of aromatic nitrogens is 5. The van der Waals surface area contributed by atoms with E-state index in [2.05, 4.69) is 20.3 Å². The highest BCUT2D eigenvalue weighted by atomic mass is 19.1. The first-order valence-electron chi connectivity index (χ1n) is 9.74. The van der Waals surface area contributed by atoms with E-state index in [4.69, 9.17) is 16.2 Å². The summed E-state index contributed by atoms with van der Waals surface area (Å²) in [5, 5.41) is 12.8. The summed E-state index contributed by atoms with van der Waals surface area (Å²) >= 11 is 0. The van der Waals surface area contributed by atoms with Gasteiger partial charge in [-0.3, -0.25) is 9.89 Å². The molecule has 9 nitrogen and oxygen atoms in total. The molecule has 160 valence electrons. The molecule has 2 aromatic carbocycles. The summed E-state index contributed by atoms with van der Waals surface area (Å²) in [5.41, 5.74) is 13.9. The Hall–Kier alpha value is -4.47. The maximum atomic E-state index is 14.1. The van der Waals surface area contributed by atoms with E-state index >= 15 is 0 Å². The third-order valence-corrected chi connectivity index (χ3v) is 5.24. The van der Waals surface area contributed by atoms with Gasteiger partial charge in [0.1, 0.15) is 11.9 Å². The molecule has 5 aromatic rings. The van der Waals surface area contributed by atoms with E-state index in [1.165, 1.54) is 6.07 Å². The number of rotatable bonds is 5. The lowest BCUT2D eigenvalue weighted by molar-refractivity contribution is 0.0996. The number of carbonyl (C=O) groups is 1. The number of ether oxygens (including phenoxy) is 1. The molecule has 3 heterocycles. The largest absolute Gasteiger partial charge is 0.482 e. The average Bonchev–Trinajstić information content (AvgIpc) is 3.44. The number of pyridine rings is 1. The van der Waals surface area contributed by atoms with Crippen LogP contribution in [0.1, 0.15) is 28.9 Å². The molecule has 0 aliphatic carbocycles. The summed E-state index contributed by atoms with van der Waals surface area (Å²) in [6, 6.07) is 9.81. The van der Waals surface area contributed by atoms with Crippen LogP contribution < -0.4 is 16.2 Å². The number of nitrogens with two attached hydrogens (primary N) is 2. The van der Waals surface area contributed by atoms with Crippen LogP contribution in [0.3, 0.4) is 0 Å². The van der Waals surface area contributed by atoms with Crippen LogP contribution in [-0.2, 0) is 0 Å². The fourth-order valence-electron chi connectivity index (χ4n) is 3.66. The van der Waals surface area contributed by atoms with Gasteiger partial charge < -0.3 is 16.2 Å². The van der Waals surface area contributed by atoms with E-state index in [0.29, 0.717) is 16.7 Å². The summed E-state index contributed by atoms with van der Waals surface area (Å²) in [6.07, 6.45) is 4.80. The van der Waals surface area contributed by atoms with Crippen molar-refractivity contribution in [3.63, 3.8) is 0 Å². The smallest absolute Gasteiger partial charge is 0.251 e. The van der Waals surface area contributed by atoms with Crippen LogP contribution in [-0.4, -0.2) is 30.9 Å². The number of hydrogen-bond donors (Lipinski definition) is 3. The predicted octanol–water partition coefficient (Wildman–Crippen LogP) is 3.26. The number of nitrogens with zero attached hydrogens (tertiary/aromatic N) is 4. The van der Waals surface area contributed by atoms with Gasteiger partial charge in [0.25, 0.3) is 5.91 Å². The van der Waals surface area contributed by atoms with Crippen LogP contribution in [0.15, 0.2) is 55.0 Å². The minimum Gasteiger partial charge on any atom is -0.482 e. The van der Waals surface area contributed by atoms with Crippen molar-refractivity contribution >= 4 is 33.5 Å². The Kier molecular flexibility index (Phi) is 4.47. The molecule has 3 aromatic heterocycles. The lowest BCUT2D eigenvalue weighted by atomic mass is 10.1.